The fourth-order valence-corrected chi connectivity index (χ4v) is 13.3. The van der Waals surface area contributed by atoms with Gasteiger partial charge in [-0.1, -0.05) is 39.8 Å². The van der Waals surface area contributed by atoms with E-state index < -0.39 is 26.2 Å². The number of para-hydroxylation sites is 1. The Balaban J connectivity index is 2.00. The maximum absolute atomic E-state index is 13.5. The van der Waals surface area contributed by atoms with Crippen LogP contribution in [-0.2, 0) is 23.4 Å². The SMILES string of the molecule is CCP(=O)(CC)C(CCCCOC(=O)C1C(=O)c2ccccc2N=C1OC)P(=O)(CC)CC. The molecule has 1 atom stereocenters. The van der Waals surface area contributed by atoms with E-state index in [1.165, 1.54) is 7.11 Å². The molecule has 0 saturated heterocycles. The topological polar surface area (TPSA) is 99.1 Å². The molecule has 7 nitrogen and oxygen atoms in total. The number of hydrogen-bond donors (Lipinski definition) is 0. The van der Waals surface area contributed by atoms with E-state index in [0.717, 1.165) is 0 Å². The van der Waals surface area contributed by atoms with Crippen LogP contribution in [0.1, 0.15) is 57.3 Å². The van der Waals surface area contributed by atoms with Gasteiger partial charge in [-0.2, -0.15) is 0 Å². The van der Waals surface area contributed by atoms with Crippen LogP contribution in [-0.4, -0.2) is 61.4 Å². The molecule has 0 amide bonds. The van der Waals surface area contributed by atoms with Crippen LogP contribution < -0.4 is 0 Å². The van der Waals surface area contributed by atoms with E-state index in [9.17, 15) is 18.7 Å². The van der Waals surface area contributed by atoms with Crippen LogP contribution in [0.2, 0.25) is 0 Å². The van der Waals surface area contributed by atoms with Crippen molar-refractivity contribution in [3.63, 3.8) is 0 Å². The molecule has 0 radical (unpaired) electrons. The van der Waals surface area contributed by atoms with Crippen LogP contribution in [0.5, 0.6) is 0 Å². The van der Waals surface area contributed by atoms with Gasteiger partial charge in [0.2, 0.25) is 5.90 Å². The number of carbonyl (C=O) groups excluding carboxylic acids is 2. The highest BCUT2D eigenvalue weighted by molar-refractivity contribution is 7.81. The van der Waals surface area contributed by atoms with Crippen LogP contribution in [0.3, 0.4) is 0 Å². The largest absolute Gasteiger partial charge is 0.483 e. The van der Waals surface area contributed by atoms with E-state index in [1.54, 1.807) is 24.3 Å². The second kappa shape index (κ2) is 12.1. The summed E-state index contributed by atoms with van der Waals surface area (Å²) >= 11 is 0. The molecule has 0 aliphatic carbocycles. The summed E-state index contributed by atoms with van der Waals surface area (Å²) in [6, 6.07) is 6.81. The average molecular weight is 498 g/mol. The van der Waals surface area contributed by atoms with Gasteiger partial charge < -0.3 is 18.6 Å². The van der Waals surface area contributed by atoms with Crippen molar-refractivity contribution >= 4 is 37.6 Å². The number of esters is 1. The third-order valence-electron chi connectivity index (χ3n) is 6.68. The monoisotopic (exact) mass is 497 g/mol. The van der Waals surface area contributed by atoms with Gasteiger partial charge in [0.1, 0.15) is 0 Å². The Kier molecular flexibility index (Phi) is 10.1. The number of hydrogen-bond acceptors (Lipinski definition) is 7. The van der Waals surface area contributed by atoms with E-state index in [2.05, 4.69) is 4.99 Å². The maximum Gasteiger partial charge on any atom is 0.326 e. The lowest BCUT2D eigenvalue weighted by Crippen LogP contribution is -2.36. The number of unbranched alkanes of at least 4 members (excludes halogenated alkanes) is 1. The third kappa shape index (κ3) is 6.05. The lowest BCUT2D eigenvalue weighted by Gasteiger charge is -2.32. The molecule has 9 heteroatoms. The molecule has 2 rings (SSSR count). The average Bonchev–Trinajstić information content (AvgIpc) is 2.84. The van der Waals surface area contributed by atoms with Gasteiger partial charge in [0.25, 0.3) is 0 Å². The minimum atomic E-state index is -2.53. The summed E-state index contributed by atoms with van der Waals surface area (Å²) in [4.78, 5) is 29.8. The number of methoxy groups -OCH3 is 1. The number of fused-ring (bicyclic) bond motifs is 1. The smallest absolute Gasteiger partial charge is 0.326 e. The van der Waals surface area contributed by atoms with Crippen LogP contribution >= 0.6 is 14.3 Å². The zero-order chi connectivity index (χ0) is 24.6. The molecule has 184 valence electrons. The van der Waals surface area contributed by atoms with Gasteiger partial charge in [0, 0.05) is 5.56 Å². The molecule has 33 heavy (non-hydrogen) atoms. The summed E-state index contributed by atoms with van der Waals surface area (Å²) < 4.78 is 37.6. The molecule has 0 bridgehead atoms. The van der Waals surface area contributed by atoms with Gasteiger partial charge in [0.15, 0.2) is 11.7 Å². The van der Waals surface area contributed by atoms with Gasteiger partial charge in [-0.05, 0) is 56.0 Å². The normalized spacial score (nSPS) is 16.4. The number of nitrogens with zero attached hydrogens (tertiary/aromatic N) is 1. The molecule has 1 aliphatic rings. The number of rotatable bonds is 12. The van der Waals surface area contributed by atoms with E-state index in [-0.39, 0.29) is 23.7 Å². The van der Waals surface area contributed by atoms with Crippen molar-refractivity contribution in [2.24, 2.45) is 10.9 Å². The second-order valence-corrected chi connectivity index (χ2v) is 16.3. The third-order valence-corrected chi connectivity index (χ3v) is 16.2. The summed E-state index contributed by atoms with van der Waals surface area (Å²) in [5.74, 6) is -2.26. The molecule has 0 fully saturated rings. The van der Waals surface area contributed by atoms with Gasteiger partial charge in [-0.25, -0.2) is 4.99 Å². The van der Waals surface area contributed by atoms with Crippen LogP contribution in [0, 0.1) is 5.92 Å². The van der Waals surface area contributed by atoms with Crippen molar-refractivity contribution < 1.29 is 28.2 Å². The van der Waals surface area contributed by atoms with Gasteiger partial charge in [0.05, 0.1) is 39.1 Å². The quantitative estimate of drug-likeness (QED) is 0.152. The van der Waals surface area contributed by atoms with Crippen molar-refractivity contribution in [2.45, 2.75) is 52.4 Å². The summed E-state index contributed by atoms with van der Waals surface area (Å²) in [5, 5.41) is -0.269. The van der Waals surface area contributed by atoms with E-state index in [4.69, 9.17) is 9.47 Å². The second-order valence-electron chi connectivity index (χ2n) is 8.28. The van der Waals surface area contributed by atoms with Crippen LogP contribution in [0.4, 0.5) is 5.69 Å². The molecule has 1 heterocycles. The molecule has 1 unspecified atom stereocenters. The first-order chi connectivity index (χ1) is 15.7. The highest BCUT2D eigenvalue weighted by Crippen LogP contribution is 2.69. The first-order valence-corrected chi connectivity index (χ1v) is 16.1. The Labute approximate surface area is 197 Å². The number of Topliss-reactive ketones (excluding diaryl/α,β-unsaturated/α-hetero) is 1. The van der Waals surface area contributed by atoms with Gasteiger partial charge in [-0.15, -0.1) is 0 Å². The van der Waals surface area contributed by atoms with E-state index in [0.29, 0.717) is 55.2 Å². The highest BCUT2D eigenvalue weighted by Gasteiger charge is 2.41. The minimum absolute atomic E-state index is 0.0300. The lowest BCUT2D eigenvalue weighted by molar-refractivity contribution is -0.145. The van der Waals surface area contributed by atoms with Crippen molar-refractivity contribution in [1.29, 1.82) is 0 Å². The Bertz CT molecular complexity index is 931. The predicted octanol–water partition coefficient (Wildman–Crippen LogP) is 6.02. The Hall–Kier alpha value is -1.71. The highest BCUT2D eigenvalue weighted by atomic mass is 31.2. The molecule has 0 N–H and O–H groups in total. The zero-order valence-electron chi connectivity index (χ0n) is 20.4. The standard InChI is InChI=1S/C24H37NO6P2/c1-6-32(28,7-2)20(33(29,8-3)9-4)16-12-13-17-31-24(27)21-22(26)18-14-10-11-15-19(18)25-23(21)30-5/h10-11,14-15,20-21H,6-9,12-13,16-17H2,1-5H3. The van der Waals surface area contributed by atoms with Crippen molar-refractivity contribution in [3.8, 4) is 0 Å². The zero-order valence-corrected chi connectivity index (χ0v) is 22.2. The summed E-state index contributed by atoms with van der Waals surface area (Å²) in [6.45, 7) is 7.80. The molecule has 1 aromatic carbocycles. The first kappa shape index (κ1) is 27.5. The first-order valence-electron chi connectivity index (χ1n) is 11.8. The Morgan fingerprint density at radius 3 is 2.12 bits per heavy atom. The lowest BCUT2D eigenvalue weighted by atomic mass is 9.93. The van der Waals surface area contributed by atoms with E-state index in [1.807, 2.05) is 27.7 Å². The molecule has 1 aliphatic heterocycles. The number of benzene rings is 1. The van der Waals surface area contributed by atoms with Crippen molar-refractivity contribution in [2.75, 3.05) is 38.4 Å². The Morgan fingerprint density at radius 1 is 1.00 bits per heavy atom. The van der Waals surface area contributed by atoms with Gasteiger partial charge in [-0.3, -0.25) is 9.59 Å². The van der Waals surface area contributed by atoms with Crippen molar-refractivity contribution in [3.05, 3.63) is 29.8 Å². The fraction of sp³-hybridized carbons (Fsp3) is 0.625. The predicted molar refractivity (Wildman–Crippen MR) is 134 cm³/mol. The Morgan fingerprint density at radius 2 is 1.58 bits per heavy atom. The summed E-state index contributed by atoms with van der Waals surface area (Å²) in [5.41, 5.74) is 0.842. The molecule has 0 saturated carbocycles. The van der Waals surface area contributed by atoms with Crippen molar-refractivity contribution in [1.82, 2.24) is 0 Å². The number of aliphatic imine (C=N–C) groups is 1. The minimum Gasteiger partial charge on any atom is -0.483 e. The molecule has 1 aromatic rings. The molecular weight excluding hydrogens is 460 g/mol. The molecular formula is C24H37NO6P2. The van der Waals surface area contributed by atoms with Gasteiger partial charge >= 0.3 is 5.97 Å². The van der Waals surface area contributed by atoms with Crippen LogP contribution in [0.15, 0.2) is 29.3 Å². The summed E-state index contributed by atoms with van der Waals surface area (Å²) in [6.07, 6.45) is 4.00. The molecule has 0 spiro atoms. The number of ether oxygens (including phenoxy) is 2. The number of carbonyl (C=O) groups is 2. The van der Waals surface area contributed by atoms with E-state index >= 15 is 0 Å². The number of ketones is 1. The maximum atomic E-state index is 13.5. The summed E-state index contributed by atoms with van der Waals surface area (Å²) in [7, 11) is -3.69. The molecule has 0 aromatic heterocycles. The van der Waals surface area contributed by atoms with Crippen LogP contribution in [0.25, 0.3) is 0 Å². The fourth-order valence-electron chi connectivity index (χ4n) is 4.43.